The predicted molar refractivity (Wildman–Crippen MR) is 110 cm³/mol. The summed E-state index contributed by atoms with van der Waals surface area (Å²) in [5.74, 6) is 0.815. The highest BCUT2D eigenvalue weighted by Crippen LogP contribution is 2.28. The van der Waals surface area contributed by atoms with Crippen molar-refractivity contribution in [2.75, 3.05) is 12.3 Å². The first-order valence-corrected chi connectivity index (χ1v) is 9.93. The molecule has 0 unspecified atom stereocenters. The Kier molecular flexibility index (Phi) is 6.45. The number of nitrogens with zero attached hydrogens (tertiary/aromatic N) is 4. The summed E-state index contributed by atoms with van der Waals surface area (Å²) in [6.45, 7) is 4.44. The van der Waals surface area contributed by atoms with Gasteiger partial charge in [-0.3, -0.25) is 9.36 Å². The van der Waals surface area contributed by atoms with E-state index in [1.165, 1.54) is 22.9 Å². The number of hydrogen-bond acceptors (Lipinski definition) is 5. The van der Waals surface area contributed by atoms with E-state index in [4.69, 9.17) is 5.26 Å². The number of nitriles is 1. The second-order valence-electron chi connectivity index (χ2n) is 6.39. The van der Waals surface area contributed by atoms with Crippen LogP contribution < -0.4 is 5.32 Å². The molecule has 1 aromatic heterocycles. The summed E-state index contributed by atoms with van der Waals surface area (Å²) < 4.78 is 1.97. The van der Waals surface area contributed by atoms with E-state index in [-0.39, 0.29) is 11.7 Å². The molecule has 0 spiro atoms. The van der Waals surface area contributed by atoms with Gasteiger partial charge in [-0.1, -0.05) is 59.3 Å². The maximum Gasteiger partial charge on any atom is 0.230 e. The Bertz CT molecular complexity index is 987. The molecule has 2 aromatic carbocycles. The van der Waals surface area contributed by atoms with E-state index >= 15 is 0 Å². The molecule has 0 saturated carbocycles. The first-order chi connectivity index (χ1) is 13.6. The number of nitrogens with one attached hydrogen (secondary N) is 1. The monoisotopic (exact) mass is 391 g/mol. The van der Waals surface area contributed by atoms with Crippen molar-refractivity contribution >= 4 is 17.7 Å². The van der Waals surface area contributed by atoms with Gasteiger partial charge in [0.05, 0.1) is 18.2 Å². The molecule has 28 heavy (non-hydrogen) atoms. The summed E-state index contributed by atoms with van der Waals surface area (Å²) in [7, 11) is 0. The number of thioether (sulfide) groups is 1. The number of benzene rings is 2. The standard InChI is InChI=1S/C21H21N5OS/c1-15-4-8-17(9-5-15)20-24-25-21(28-14-19(27)23-13-3-12-22)26(20)18-10-6-16(2)7-11-18/h4-11H,3,13-14H2,1-2H3,(H,23,27). The summed E-state index contributed by atoms with van der Waals surface area (Å²) in [4.78, 5) is 12.0. The molecule has 6 nitrogen and oxygen atoms in total. The molecular formula is C21H21N5OS. The normalized spacial score (nSPS) is 10.5. The molecule has 0 atom stereocenters. The Morgan fingerprint density at radius 3 is 2.36 bits per heavy atom. The predicted octanol–water partition coefficient (Wildman–Crippen LogP) is 3.67. The summed E-state index contributed by atoms with van der Waals surface area (Å²) >= 11 is 1.33. The third-order valence-electron chi connectivity index (χ3n) is 4.13. The molecule has 0 aliphatic rings. The molecule has 1 heterocycles. The van der Waals surface area contributed by atoms with Gasteiger partial charge >= 0.3 is 0 Å². The van der Waals surface area contributed by atoms with E-state index < -0.39 is 0 Å². The minimum atomic E-state index is -0.129. The highest BCUT2D eigenvalue weighted by molar-refractivity contribution is 7.99. The Balaban J connectivity index is 1.89. The van der Waals surface area contributed by atoms with Crippen molar-refractivity contribution < 1.29 is 4.79 Å². The number of aryl methyl sites for hydroxylation is 2. The van der Waals surface area contributed by atoms with Crippen molar-refractivity contribution in [2.45, 2.75) is 25.4 Å². The second kappa shape index (κ2) is 9.20. The average Bonchev–Trinajstić information content (AvgIpc) is 3.12. The Labute approximate surface area is 168 Å². The Morgan fingerprint density at radius 1 is 1.07 bits per heavy atom. The first kappa shape index (κ1) is 19.6. The summed E-state index contributed by atoms with van der Waals surface area (Å²) in [6, 6.07) is 18.3. The Hall–Kier alpha value is -3.11. The maximum absolute atomic E-state index is 12.0. The number of hydrogen-bond donors (Lipinski definition) is 1. The van der Waals surface area contributed by atoms with Gasteiger partial charge in [0.15, 0.2) is 11.0 Å². The van der Waals surface area contributed by atoms with Gasteiger partial charge in [-0.25, -0.2) is 0 Å². The minimum Gasteiger partial charge on any atom is -0.354 e. The SMILES string of the molecule is Cc1ccc(-c2nnc(SCC(=O)NCCC#N)n2-c2ccc(C)cc2)cc1. The fourth-order valence-corrected chi connectivity index (χ4v) is 3.40. The maximum atomic E-state index is 12.0. The fraction of sp³-hybridized carbons (Fsp3) is 0.238. The first-order valence-electron chi connectivity index (χ1n) is 8.94. The third kappa shape index (κ3) is 4.78. The van der Waals surface area contributed by atoms with Crippen LogP contribution in [-0.2, 0) is 4.79 Å². The van der Waals surface area contributed by atoms with Crippen LogP contribution in [0.1, 0.15) is 17.5 Å². The van der Waals surface area contributed by atoms with Gasteiger partial charge in [0.1, 0.15) is 0 Å². The van der Waals surface area contributed by atoms with Crippen LogP contribution in [0.3, 0.4) is 0 Å². The van der Waals surface area contributed by atoms with Gasteiger partial charge < -0.3 is 5.32 Å². The fourth-order valence-electron chi connectivity index (χ4n) is 2.62. The molecule has 0 fully saturated rings. The van der Waals surface area contributed by atoms with Crippen LogP contribution in [0.5, 0.6) is 0 Å². The van der Waals surface area contributed by atoms with Crippen LogP contribution >= 0.6 is 11.8 Å². The molecule has 0 aliphatic heterocycles. The van der Waals surface area contributed by atoms with Crippen molar-refractivity contribution in [3.63, 3.8) is 0 Å². The topological polar surface area (TPSA) is 83.6 Å². The van der Waals surface area contributed by atoms with Gasteiger partial charge in [-0.05, 0) is 26.0 Å². The van der Waals surface area contributed by atoms with Crippen LogP contribution in [0.15, 0.2) is 53.7 Å². The lowest BCUT2D eigenvalue weighted by atomic mass is 10.1. The number of carbonyl (C=O) groups is 1. The third-order valence-corrected chi connectivity index (χ3v) is 5.06. The molecule has 0 saturated heterocycles. The smallest absolute Gasteiger partial charge is 0.230 e. The van der Waals surface area contributed by atoms with Crippen LogP contribution in [0.2, 0.25) is 0 Å². The molecular weight excluding hydrogens is 370 g/mol. The van der Waals surface area contributed by atoms with E-state index in [0.29, 0.717) is 18.1 Å². The summed E-state index contributed by atoms with van der Waals surface area (Å²) in [5, 5.41) is 20.7. The highest BCUT2D eigenvalue weighted by Gasteiger charge is 2.17. The summed E-state index contributed by atoms with van der Waals surface area (Å²) in [6.07, 6.45) is 0.299. The van der Waals surface area contributed by atoms with E-state index in [9.17, 15) is 4.79 Å². The number of rotatable bonds is 7. The molecule has 0 radical (unpaired) electrons. The van der Waals surface area contributed by atoms with Crippen molar-refractivity contribution in [1.29, 1.82) is 5.26 Å². The van der Waals surface area contributed by atoms with Gasteiger partial charge in [-0.2, -0.15) is 5.26 Å². The van der Waals surface area contributed by atoms with Crippen molar-refractivity contribution in [3.8, 4) is 23.1 Å². The van der Waals surface area contributed by atoms with Gasteiger partial charge in [0.25, 0.3) is 0 Å². The van der Waals surface area contributed by atoms with Gasteiger partial charge in [0, 0.05) is 17.8 Å². The van der Waals surface area contributed by atoms with Crippen LogP contribution in [0.25, 0.3) is 17.1 Å². The lowest BCUT2D eigenvalue weighted by Gasteiger charge is -2.11. The van der Waals surface area contributed by atoms with Gasteiger partial charge in [0.2, 0.25) is 5.91 Å². The molecule has 142 valence electrons. The van der Waals surface area contributed by atoms with E-state index in [0.717, 1.165) is 17.1 Å². The molecule has 1 N–H and O–H groups in total. The Morgan fingerprint density at radius 2 is 1.71 bits per heavy atom. The number of carbonyl (C=O) groups excluding carboxylic acids is 1. The highest BCUT2D eigenvalue weighted by atomic mass is 32.2. The zero-order chi connectivity index (χ0) is 19.9. The van der Waals surface area contributed by atoms with E-state index in [2.05, 4.69) is 15.5 Å². The summed E-state index contributed by atoms with van der Waals surface area (Å²) in [5.41, 5.74) is 4.25. The minimum absolute atomic E-state index is 0.129. The lowest BCUT2D eigenvalue weighted by molar-refractivity contribution is -0.118. The molecule has 7 heteroatoms. The van der Waals surface area contributed by atoms with Crippen LogP contribution in [0.4, 0.5) is 0 Å². The molecule has 1 amide bonds. The largest absolute Gasteiger partial charge is 0.354 e. The zero-order valence-electron chi connectivity index (χ0n) is 15.8. The van der Waals surface area contributed by atoms with Crippen LogP contribution in [0, 0.1) is 25.2 Å². The van der Waals surface area contributed by atoms with Gasteiger partial charge in [-0.15, -0.1) is 10.2 Å². The molecule has 3 rings (SSSR count). The van der Waals surface area contributed by atoms with E-state index in [1.807, 2.05) is 73.0 Å². The molecule has 3 aromatic rings. The quantitative estimate of drug-likeness (QED) is 0.491. The number of amides is 1. The van der Waals surface area contributed by atoms with Crippen molar-refractivity contribution in [3.05, 3.63) is 59.7 Å². The average molecular weight is 392 g/mol. The molecule has 0 aliphatic carbocycles. The lowest BCUT2D eigenvalue weighted by Crippen LogP contribution is -2.26. The zero-order valence-corrected chi connectivity index (χ0v) is 16.7. The van der Waals surface area contributed by atoms with Crippen molar-refractivity contribution in [2.24, 2.45) is 0 Å². The molecule has 0 bridgehead atoms. The second-order valence-corrected chi connectivity index (χ2v) is 7.33. The van der Waals surface area contributed by atoms with Crippen molar-refractivity contribution in [1.82, 2.24) is 20.1 Å². The van der Waals surface area contributed by atoms with E-state index in [1.54, 1.807) is 0 Å². The number of aromatic nitrogens is 3. The van der Waals surface area contributed by atoms with Crippen LogP contribution in [-0.4, -0.2) is 33.0 Å².